The fraction of sp³-hybridized carbons (Fsp3) is 0.160. The zero-order valence-corrected chi connectivity index (χ0v) is 16.2. The van der Waals surface area contributed by atoms with Gasteiger partial charge in [0.25, 0.3) is 5.91 Å². The molecule has 2 aromatic rings. The number of hydrogen-bond donors (Lipinski definition) is 0. The zero-order valence-electron chi connectivity index (χ0n) is 16.2. The predicted octanol–water partition coefficient (Wildman–Crippen LogP) is 4.02. The van der Waals surface area contributed by atoms with Crippen molar-refractivity contribution in [2.75, 3.05) is 0 Å². The molecule has 0 radical (unpaired) electrons. The Kier molecular flexibility index (Phi) is 4.51. The van der Waals surface area contributed by atoms with Gasteiger partial charge in [0.15, 0.2) is 0 Å². The van der Waals surface area contributed by atoms with Crippen molar-refractivity contribution in [3.8, 4) is 0 Å². The quantitative estimate of drug-likeness (QED) is 0.784. The molecule has 1 aliphatic carbocycles. The molecule has 2 aromatic carbocycles. The first-order chi connectivity index (χ1) is 14.6. The Labute approximate surface area is 173 Å². The first kappa shape index (κ1) is 18.4. The highest BCUT2D eigenvalue weighted by Gasteiger charge is 2.28. The summed E-state index contributed by atoms with van der Waals surface area (Å²) in [7, 11) is 0. The minimum atomic E-state index is -0.465. The summed E-state index contributed by atoms with van der Waals surface area (Å²) >= 11 is 0. The summed E-state index contributed by atoms with van der Waals surface area (Å²) in [6, 6.07) is 12.9. The Hall–Kier alpha value is -3.60. The Balaban J connectivity index is 1.36. The summed E-state index contributed by atoms with van der Waals surface area (Å²) in [5, 5.41) is 0. The number of benzene rings is 2. The second-order valence-electron chi connectivity index (χ2n) is 7.70. The largest absolute Gasteiger partial charge is 0.334 e. The van der Waals surface area contributed by atoms with Crippen LogP contribution in [0.3, 0.4) is 0 Å². The van der Waals surface area contributed by atoms with Crippen molar-refractivity contribution < 1.29 is 14.0 Å². The van der Waals surface area contributed by atoms with Gasteiger partial charge in [0, 0.05) is 30.4 Å². The van der Waals surface area contributed by atoms with E-state index in [1.165, 1.54) is 12.3 Å². The maximum Gasteiger partial charge on any atom is 0.257 e. The van der Waals surface area contributed by atoms with Crippen LogP contribution in [0.4, 0.5) is 4.39 Å². The number of hydrogen-bond acceptors (Lipinski definition) is 2. The minimum Gasteiger partial charge on any atom is -0.334 e. The first-order valence-corrected chi connectivity index (χ1v) is 9.90. The fourth-order valence-electron chi connectivity index (χ4n) is 4.21. The normalized spacial score (nSPS) is 19.3. The van der Waals surface area contributed by atoms with Crippen LogP contribution < -0.4 is 0 Å². The lowest BCUT2D eigenvalue weighted by atomic mass is 9.85. The van der Waals surface area contributed by atoms with E-state index < -0.39 is 11.7 Å². The molecule has 0 spiro atoms. The minimum absolute atomic E-state index is 0.0226. The molecule has 30 heavy (non-hydrogen) atoms. The Bertz CT molecular complexity index is 1160. The molecule has 0 fully saturated rings. The van der Waals surface area contributed by atoms with E-state index >= 15 is 0 Å². The molecule has 0 saturated heterocycles. The summed E-state index contributed by atoms with van der Waals surface area (Å²) in [5.74, 6) is -1.16. The van der Waals surface area contributed by atoms with Crippen molar-refractivity contribution >= 4 is 23.6 Å². The van der Waals surface area contributed by atoms with Gasteiger partial charge in [0.1, 0.15) is 5.82 Å². The van der Waals surface area contributed by atoms with Crippen LogP contribution in [0.5, 0.6) is 0 Å². The van der Waals surface area contributed by atoms with E-state index in [1.807, 2.05) is 36.4 Å². The molecule has 0 N–H and O–H groups in total. The number of fused-ring (bicyclic) bond motifs is 2. The number of carbonyl (C=O) groups is 2. The second kappa shape index (κ2) is 7.34. The number of halogens is 1. The fourth-order valence-corrected chi connectivity index (χ4v) is 4.21. The third kappa shape index (κ3) is 3.22. The molecule has 1 atom stereocenters. The molecule has 4 nitrogen and oxygen atoms in total. The zero-order chi connectivity index (χ0) is 20.7. The molecular formula is C25H19FN2O2. The van der Waals surface area contributed by atoms with Crippen molar-refractivity contribution in [1.29, 1.82) is 0 Å². The van der Waals surface area contributed by atoms with E-state index in [1.54, 1.807) is 29.2 Å². The van der Waals surface area contributed by atoms with Crippen LogP contribution >= 0.6 is 0 Å². The summed E-state index contributed by atoms with van der Waals surface area (Å²) in [6.07, 6.45) is 8.80. The lowest BCUT2D eigenvalue weighted by molar-refractivity contribution is -0.131. The number of dihydropyridines is 1. The second-order valence-corrected chi connectivity index (χ2v) is 7.70. The Morgan fingerprint density at radius 2 is 1.87 bits per heavy atom. The molecule has 148 valence electrons. The van der Waals surface area contributed by atoms with Crippen LogP contribution in [-0.2, 0) is 29.1 Å². The molecule has 5 heteroatoms. The number of allylic oxidation sites excluding steroid dienone is 4. The summed E-state index contributed by atoms with van der Waals surface area (Å²) in [5.41, 5.74) is 4.69. The SMILES string of the molecule is O=C1N=CC(c2ccc(CC(=O)N3Cc4ccccc4C3)cc2F)=C2C=CC=CC12. The van der Waals surface area contributed by atoms with E-state index in [0.717, 1.165) is 16.7 Å². The molecule has 0 saturated carbocycles. The van der Waals surface area contributed by atoms with Gasteiger partial charge >= 0.3 is 0 Å². The molecule has 2 heterocycles. The molecule has 2 amide bonds. The average Bonchev–Trinajstić information content (AvgIpc) is 3.20. The maximum atomic E-state index is 15.0. The van der Waals surface area contributed by atoms with Crippen LogP contribution in [0.15, 0.2) is 77.3 Å². The van der Waals surface area contributed by atoms with Crippen LogP contribution in [0.2, 0.25) is 0 Å². The van der Waals surface area contributed by atoms with Crippen LogP contribution in [0.25, 0.3) is 5.57 Å². The predicted molar refractivity (Wildman–Crippen MR) is 113 cm³/mol. The van der Waals surface area contributed by atoms with E-state index in [2.05, 4.69) is 4.99 Å². The molecule has 1 unspecified atom stereocenters. The summed E-state index contributed by atoms with van der Waals surface area (Å²) < 4.78 is 15.0. The number of carbonyl (C=O) groups excluding carboxylic acids is 2. The van der Waals surface area contributed by atoms with E-state index in [-0.39, 0.29) is 18.2 Å². The summed E-state index contributed by atoms with van der Waals surface area (Å²) in [4.78, 5) is 30.5. The van der Waals surface area contributed by atoms with Gasteiger partial charge in [-0.1, -0.05) is 60.7 Å². The third-order valence-corrected chi connectivity index (χ3v) is 5.80. The third-order valence-electron chi connectivity index (χ3n) is 5.80. The molecule has 3 aliphatic rings. The molecule has 5 rings (SSSR count). The molecule has 0 bridgehead atoms. The van der Waals surface area contributed by atoms with E-state index in [0.29, 0.717) is 29.8 Å². The summed E-state index contributed by atoms with van der Waals surface area (Å²) in [6.45, 7) is 1.19. The standard InChI is InChI=1S/C25H19FN2O2/c26-23-11-16(12-24(29)28-14-17-5-1-2-6-18(17)15-28)9-10-20(23)22-13-27-25(30)21-8-4-3-7-19(21)22/h1-11,13,21H,12,14-15H2. The van der Waals surface area contributed by atoms with E-state index in [4.69, 9.17) is 0 Å². The molecular weight excluding hydrogens is 379 g/mol. The topological polar surface area (TPSA) is 49.7 Å². The van der Waals surface area contributed by atoms with Gasteiger partial charge < -0.3 is 4.90 Å². The average molecular weight is 398 g/mol. The van der Waals surface area contributed by atoms with Crippen molar-refractivity contribution in [3.63, 3.8) is 0 Å². The number of nitrogens with zero attached hydrogens (tertiary/aromatic N) is 2. The smallest absolute Gasteiger partial charge is 0.257 e. The lowest BCUT2D eigenvalue weighted by Gasteiger charge is -2.21. The van der Waals surface area contributed by atoms with Gasteiger partial charge in [-0.05, 0) is 28.3 Å². The van der Waals surface area contributed by atoms with Crippen molar-refractivity contribution in [3.05, 3.63) is 100 Å². The lowest BCUT2D eigenvalue weighted by Crippen LogP contribution is -2.27. The van der Waals surface area contributed by atoms with Crippen molar-refractivity contribution in [2.45, 2.75) is 19.5 Å². The van der Waals surface area contributed by atoms with Gasteiger partial charge in [-0.3, -0.25) is 9.59 Å². The highest BCUT2D eigenvalue weighted by molar-refractivity contribution is 6.19. The first-order valence-electron chi connectivity index (χ1n) is 9.90. The van der Waals surface area contributed by atoms with Gasteiger partial charge in [-0.15, -0.1) is 0 Å². The van der Waals surface area contributed by atoms with Gasteiger partial charge in [0.2, 0.25) is 5.91 Å². The number of rotatable bonds is 3. The van der Waals surface area contributed by atoms with Crippen LogP contribution in [0.1, 0.15) is 22.3 Å². The number of amides is 2. The number of aliphatic imine (C=N–C) groups is 1. The van der Waals surface area contributed by atoms with Crippen molar-refractivity contribution in [1.82, 2.24) is 4.90 Å². The van der Waals surface area contributed by atoms with Crippen molar-refractivity contribution in [2.24, 2.45) is 10.9 Å². The molecule has 2 aliphatic heterocycles. The Morgan fingerprint density at radius 1 is 1.10 bits per heavy atom. The van der Waals surface area contributed by atoms with Gasteiger partial charge in [-0.2, -0.15) is 0 Å². The van der Waals surface area contributed by atoms with Gasteiger partial charge in [0.05, 0.1) is 12.3 Å². The maximum absolute atomic E-state index is 15.0. The van der Waals surface area contributed by atoms with Crippen LogP contribution in [-0.4, -0.2) is 22.9 Å². The monoisotopic (exact) mass is 398 g/mol. The van der Waals surface area contributed by atoms with Crippen LogP contribution in [0, 0.1) is 11.7 Å². The van der Waals surface area contributed by atoms with Gasteiger partial charge in [-0.25, -0.2) is 9.38 Å². The molecule has 0 aromatic heterocycles. The Morgan fingerprint density at radius 3 is 2.60 bits per heavy atom. The highest BCUT2D eigenvalue weighted by Crippen LogP contribution is 2.33. The highest BCUT2D eigenvalue weighted by atomic mass is 19.1. The van der Waals surface area contributed by atoms with E-state index in [9.17, 15) is 14.0 Å².